The lowest BCUT2D eigenvalue weighted by Gasteiger charge is -2.30. The van der Waals surface area contributed by atoms with Crippen molar-refractivity contribution in [3.8, 4) is 11.1 Å². The van der Waals surface area contributed by atoms with Gasteiger partial charge in [-0.25, -0.2) is 4.79 Å². The van der Waals surface area contributed by atoms with Crippen LogP contribution in [0.4, 0.5) is 10.5 Å². The summed E-state index contributed by atoms with van der Waals surface area (Å²) in [6.07, 6.45) is 3.10. The maximum Gasteiger partial charge on any atom is 0.407 e. The minimum Gasteiger partial charge on any atom is -0.465 e. The molecule has 1 unspecified atom stereocenters. The second-order valence-corrected chi connectivity index (χ2v) is 9.04. The summed E-state index contributed by atoms with van der Waals surface area (Å²) in [6, 6.07) is 23.2. The lowest BCUT2D eigenvalue weighted by atomic mass is 9.99. The van der Waals surface area contributed by atoms with E-state index >= 15 is 0 Å². The molecule has 4 rings (SSSR count). The van der Waals surface area contributed by atoms with Crippen LogP contribution in [-0.4, -0.2) is 53.7 Å². The van der Waals surface area contributed by atoms with Crippen molar-refractivity contribution in [3.05, 3.63) is 89.5 Å². The van der Waals surface area contributed by atoms with E-state index in [-0.39, 0.29) is 6.54 Å². The number of aliphatic hydroxyl groups excluding tert-OH is 1. The van der Waals surface area contributed by atoms with Crippen LogP contribution in [0.5, 0.6) is 0 Å². The maximum absolute atomic E-state index is 11.7. The molecule has 3 aromatic rings. The predicted octanol–water partition coefficient (Wildman–Crippen LogP) is 5.41. The monoisotopic (exact) mass is 472 g/mol. The highest BCUT2D eigenvalue weighted by Crippen LogP contribution is 2.30. The Bertz CT molecular complexity index is 1130. The van der Waals surface area contributed by atoms with Crippen LogP contribution in [0.15, 0.2) is 72.8 Å². The van der Waals surface area contributed by atoms with E-state index in [9.17, 15) is 19.8 Å². The first kappa shape index (κ1) is 24.5. The number of hydrogen-bond donors (Lipinski definition) is 2. The number of carboxylic acid groups (broad SMARTS) is 1. The quantitative estimate of drug-likeness (QED) is 0.407. The number of amides is 1. The maximum atomic E-state index is 11.7. The average molecular weight is 473 g/mol. The van der Waals surface area contributed by atoms with Crippen molar-refractivity contribution in [1.82, 2.24) is 4.90 Å². The minimum absolute atomic E-state index is 0.0276. The molecule has 35 heavy (non-hydrogen) atoms. The van der Waals surface area contributed by atoms with Gasteiger partial charge in [0, 0.05) is 30.9 Å². The molecule has 6 nitrogen and oxygen atoms in total. The van der Waals surface area contributed by atoms with Crippen molar-refractivity contribution < 1.29 is 19.8 Å². The summed E-state index contributed by atoms with van der Waals surface area (Å²) in [5, 5.41) is 20.0. The highest BCUT2D eigenvalue weighted by Gasteiger charge is 2.18. The predicted molar refractivity (Wildman–Crippen MR) is 138 cm³/mol. The zero-order valence-corrected chi connectivity index (χ0v) is 19.8. The number of nitrogens with zero attached hydrogens (tertiary/aromatic N) is 2. The molecule has 1 fully saturated rings. The van der Waals surface area contributed by atoms with Crippen molar-refractivity contribution in [3.63, 3.8) is 0 Å². The zero-order chi connectivity index (χ0) is 24.6. The molecule has 1 saturated heterocycles. The molecule has 182 valence electrons. The first-order valence-corrected chi connectivity index (χ1v) is 12.2. The van der Waals surface area contributed by atoms with Crippen molar-refractivity contribution >= 4 is 18.1 Å². The molecular formula is C29H32N2O4. The van der Waals surface area contributed by atoms with Gasteiger partial charge in [0.05, 0.1) is 12.6 Å². The molecule has 1 aliphatic heterocycles. The SMILES string of the molecule is O=Cc1ccc(-c2ccc(CCN(CC(O)c3ccccc3)C(=O)O)cc2)cc1N1CCCCC1. The number of anilines is 1. The van der Waals surface area contributed by atoms with Crippen LogP contribution in [0.3, 0.4) is 0 Å². The Labute approximate surface area is 206 Å². The van der Waals surface area contributed by atoms with E-state index in [0.717, 1.165) is 60.2 Å². The van der Waals surface area contributed by atoms with Gasteiger partial charge in [-0.3, -0.25) is 4.79 Å². The van der Waals surface area contributed by atoms with Gasteiger partial charge in [0.15, 0.2) is 6.29 Å². The zero-order valence-electron chi connectivity index (χ0n) is 19.8. The summed E-state index contributed by atoms with van der Waals surface area (Å²) < 4.78 is 0. The lowest BCUT2D eigenvalue weighted by Crippen LogP contribution is -2.35. The van der Waals surface area contributed by atoms with Gasteiger partial charge in [0.2, 0.25) is 0 Å². The lowest BCUT2D eigenvalue weighted by molar-refractivity contribution is 0.0973. The molecule has 1 heterocycles. The van der Waals surface area contributed by atoms with Crippen LogP contribution in [0, 0.1) is 0 Å². The number of benzene rings is 3. The summed E-state index contributed by atoms with van der Waals surface area (Å²) in [5.41, 5.74) is 5.55. The Kier molecular flexibility index (Phi) is 8.16. The van der Waals surface area contributed by atoms with Gasteiger partial charge in [0.1, 0.15) is 0 Å². The fourth-order valence-corrected chi connectivity index (χ4v) is 4.61. The molecule has 0 bridgehead atoms. The van der Waals surface area contributed by atoms with E-state index in [1.54, 1.807) is 12.1 Å². The Balaban J connectivity index is 1.42. The number of carbonyl (C=O) groups excluding carboxylic acids is 1. The second-order valence-electron chi connectivity index (χ2n) is 9.04. The average Bonchev–Trinajstić information content (AvgIpc) is 2.91. The van der Waals surface area contributed by atoms with Gasteiger partial charge in [-0.1, -0.05) is 60.7 Å². The molecule has 1 amide bonds. The van der Waals surface area contributed by atoms with Gasteiger partial charge in [-0.15, -0.1) is 0 Å². The first-order chi connectivity index (χ1) is 17.0. The highest BCUT2D eigenvalue weighted by atomic mass is 16.4. The fourth-order valence-electron chi connectivity index (χ4n) is 4.61. The van der Waals surface area contributed by atoms with Crippen LogP contribution in [0.1, 0.15) is 46.9 Å². The van der Waals surface area contributed by atoms with Crippen molar-refractivity contribution in [2.45, 2.75) is 31.8 Å². The molecule has 1 aliphatic rings. The number of aliphatic hydroxyl groups is 1. The summed E-state index contributed by atoms with van der Waals surface area (Å²) in [5.74, 6) is 0. The Morgan fingerprint density at radius 3 is 2.29 bits per heavy atom. The Morgan fingerprint density at radius 1 is 0.943 bits per heavy atom. The molecule has 0 radical (unpaired) electrons. The highest BCUT2D eigenvalue weighted by molar-refractivity contribution is 5.87. The summed E-state index contributed by atoms with van der Waals surface area (Å²) in [6.45, 7) is 2.27. The van der Waals surface area contributed by atoms with E-state index in [0.29, 0.717) is 18.5 Å². The van der Waals surface area contributed by atoms with Crippen molar-refractivity contribution in [2.24, 2.45) is 0 Å². The van der Waals surface area contributed by atoms with Gasteiger partial charge in [-0.05, 0) is 60.1 Å². The van der Waals surface area contributed by atoms with E-state index in [4.69, 9.17) is 0 Å². The molecule has 6 heteroatoms. The summed E-state index contributed by atoms with van der Waals surface area (Å²) in [4.78, 5) is 26.9. The molecule has 2 N–H and O–H groups in total. The standard InChI is InChI=1S/C29H32N2O4/c32-21-26-14-13-25(19-27(26)30-16-5-2-6-17-30)23-11-9-22(10-12-23)15-18-31(29(34)35)20-28(33)24-7-3-1-4-8-24/h1,3-4,7-14,19,21,28,33H,2,5-6,15-18,20H2,(H,34,35). The third-order valence-electron chi connectivity index (χ3n) is 6.66. The van der Waals surface area contributed by atoms with Crippen molar-refractivity contribution in [1.29, 1.82) is 0 Å². The van der Waals surface area contributed by atoms with Crippen LogP contribution in [0.2, 0.25) is 0 Å². The topological polar surface area (TPSA) is 81.1 Å². The Hall–Kier alpha value is -3.64. The number of aldehydes is 1. The largest absolute Gasteiger partial charge is 0.465 e. The van der Waals surface area contributed by atoms with Crippen LogP contribution in [0.25, 0.3) is 11.1 Å². The van der Waals surface area contributed by atoms with Crippen LogP contribution < -0.4 is 4.90 Å². The van der Waals surface area contributed by atoms with Gasteiger partial charge in [-0.2, -0.15) is 0 Å². The van der Waals surface area contributed by atoms with Gasteiger partial charge in [0.25, 0.3) is 0 Å². The second kappa shape index (κ2) is 11.7. The third-order valence-corrected chi connectivity index (χ3v) is 6.66. The molecular weight excluding hydrogens is 440 g/mol. The summed E-state index contributed by atoms with van der Waals surface area (Å²) in [7, 11) is 0. The van der Waals surface area contributed by atoms with E-state index in [1.807, 2.05) is 54.6 Å². The van der Waals surface area contributed by atoms with E-state index < -0.39 is 12.2 Å². The van der Waals surface area contributed by atoms with Gasteiger partial charge < -0.3 is 20.0 Å². The molecule has 0 aromatic heterocycles. The normalized spacial score (nSPS) is 14.4. The Morgan fingerprint density at radius 2 is 1.63 bits per heavy atom. The molecule has 0 spiro atoms. The summed E-state index contributed by atoms with van der Waals surface area (Å²) >= 11 is 0. The molecule has 0 saturated carbocycles. The first-order valence-electron chi connectivity index (χ1n) is 12.2. The van der Waals surface area contributed by atoms with Crippen LogP contribution in [-0.2, 0) is 6.42 Å². The minimum atomic E-state index is -1.04. The molecule has 3 aromatic carbocycles. The number of hydrogen-bond acceptors (Lipinski definition) is 4. The number of piperidine rings is 1. The smallest absolute Gasteiger partial charge is 0.407 e. The number of rotatable bonds is 9. The van der Waals surface area contributed by atoms with Gasteiger partial charge >= 0.3 is 6.09 Å². The third kappa shape index (κ3) is 6.28. The molecule has 1 atom stereocenters. The van der Waals surface area contributed by atoms with Crippen LogP contribution >= 0.6 is 0 Å². The van der Waals surface area contributed by atoms with E-state index in [1.165, 1.54) is 11.3 Å². The van der Waals surface area contributed by atoms with Crippen molar-refractivity contribution in [2.75, 3.05) is 31.1 Å². The number of carbonyl (C=O) groups is 2. The van der Waals surface area contributed by atoms with E-state index in [2.05, 4.69) is 11.0 Å². The fraction of sp³-hybridized carbons (Fsp3) is 0.310. The molecule has 0 aliphatic carbocycles.